The Kier molecular flexibility index (Phi) is 6.47. The monoisotopic (exact) mass is 422 g/mol. The van der Waals surface area contributed by atoms with Crippen molar-refractivity contribution in [1.82, 2.24) is 14.9 Å². The molecule has 1 aliphatic rings. The number of ketones is 1. The Morgan fingerprint density at radius 2 is 1.81 bits per heavy atom. The van der Waals surface area contributed by atoms with Gasteiger partial charge >= 0.3 is 6.09 Å². The van der Waals surface area contributed by atoms with Crippen molar-refractivity contribution < 1.29 is 18.7 Å². The van der Waals surface area contributed by atoms with Crippen LogP contribution in [-0.4, -0.2) is 53.0 Å². The smallest absolute Gasteiger partial charge is 0.411 e. The van der Waals surface area contributed by atoms with Gasteiger partial charge in [0.05, 0.1) is 11.2 Å². The summed E-state index contributed by atoms with van der Waals surface area (Å²) < 4.78 is 18.4. The first-order valence-electron chi connectivity index (χ1n) is 10.3. The normalized spacial score (nSPS) is 15.0. The van der Waals surface area contributed by atoms with Crippen molar-refractivity contribution in [2.75, 3.05) is 31.6 Å². The van der Waals surface area contributed by atoms with Gasteiger partial charge in [0.1, 0.15) is 17.9 Å². The lowest BCUT2D eigenvalue weighted by Crippen LogP contribution is -2.38. The molecule has 0 aliphatic carbocycles. The summed E-state index contributed by atoms with van der Waals surface area (Å²) in [7, 11) is 0. The van der Waals surface area contributed by atoms with E-state index in [9.17, 15) is 14.0 Å². The molecule has 1 aromatic heterocycles. The van der Waals surface area contributed by atoms with Crippen LogP contribution < -0.4 is 5.32 Å². The van der Waals surface area contributed by atoms with Crippen LogP contribution in [0.3, 0.4) is 0 Å². The predicted molar refractivity (Wildman–Crippen MR) is 114 cm³/mol. The van der Waals surface area contributed by atoms with Crippen molar-refractivity contribution in [3.05, 3.63) is 66.2 Å². The van der Waals surface area contributed by atoms with E-state index in [2.05, 4.69) is 20.2 Å². The number of ether oxygens (including phenoxy) is 1. The molecule has 1 amide bonds. The highest BCUT2D eigenvalue weighted by atomic mass is 19.1. The highest BCUT2D eigenvalue weighted by Gasteiger charge is 2.25. The van der Waals surface area contributed by atoms with Crippen molar-refractivity contribution in [3.63, 3.8) is 0 Å². The van der Waals surface area contributed by atoms with Gasteiger partial charge < -0.3 is 4.74 Å². The standard InChI is InChI=1S/C23H23FN4O3/c24-18-6-4-16(5-7-18)22(29)17-8-12-28(13-9-17)14-15-31-23(30)27-20-3-1-2-19-21(20)26-11-10-25-19/h1-7,10-11,17H,8-9,12-15H2,(H,27,30). The van der Waals surface area contributed by atoms with Gasteiger partial charge in [0, 0.05) is 30.4 Å². The minimum atomic E-state index is -0.542. The first kappa shape index (κ1) is 20.9. The maximum atomic E-state index is 13.0. The van der Waals surface area contributed by atoms with Crippen LogP contribution in [0.1, 0.15) is 23.2 Å². The van der Waals surface area contributed by atoms with Gasteiger partial charge in [0.25, 0.3) is 0 Å². The number of nitrogens with zero attached hydrogens (tertiary/aromatic N) is 3. The number of aromatic nitrogens is 2. The van der Waals surface area contributed by atoms with E-state index in [4.69, 9.17) is 4.74 Å². The molecular formula is C23H23FN4O3. The first-order valence-corrected chi connectivity index (χ1v) is 10.3. The van der Waals surface area contributed by atoms with E-state index < -0.39 is 6.09 Å². The van der Waals surface area contributed by atoms with E-state index in [1.807, 2.05) is 6.07 Å². The van der Waals surface area contributed by atoms with E-state index in [0.717, 1.165) is 25.9 Å². The average Bonchev–Trinajstić information content (AvgIpc) is 2.80. The molecule has 0 radical (unpaired) electrons. The number of hydrogen-bond donors (Lipinski definition) is 1. The summed E-state index contributed by atoms with van der Waals surface area (Å²) in [5, 5.41) is 2.71. The Hall–Kier alpha value is -3.39. The van der Waals surface area contributed by atoms with E-state index in [-0.39, 0.29) is 24.1 Å². The second kappa shape index (κ2) is 9.61. The van der Waals surface area contributed by atoms with Crippen molar-refractivity contribution in [2.45, 2.75) is 12.8 Å². The number of carbonyl (C=O) groups is 2. The molecule has 0 unspecified atom stereocenters. The first-order chi connectivity index (χ1) is 15.1. The summed E-state index contributed by atoms with van der Waals surface area (Å²) in [6.45, 7) is 2.35. The molecule has 160 valence electrons. The van der Waals surface area contributed by atoms with Crippen LogP contribution >= 0.6 is 0 Å². The maximum Gasteiger partial charge on any atom is 0.411 e. The molecule has 2 heterocycles. The summed E-state index contributed by atoms with van der Waals surface area (Å²) in [4.78, 5) is 35.3. The van der Waals surface area contributed by atoms with E-state index in [1.165, 1.54) is 24.3 Å². The van der Waals surface area contributed by atoms with E-state index >= 15 is 0 Å². The van der Waals surface area contributed by atoms with Crippen LogP contribution in [0.2, 0.25) is 0 Å². The lowest BCUT2D eigenvalue weighted by atomic mass is 9.89. The van der Waals surface area contributed by atoms with Crippen LogP contribution in [0.5, 0.6) is 0 Å². The minimum Gasteiger partial charge on any atom is -0.448 e. The van der Waals surface area contributed by atoms with Crippen LogP contribution in [0.25, 0.3) is 11.0 Å². The number of benzene rings is 2. The third kappa shape index (κ3) is 5.21. The highest BCUT2D eigenvalue weighted by Crippen LogP contribution is 2.22. The summed E-state index contributed by atoms with van der Waals surface area (Å²) in [5.41, 5.74) is 2.40. The number of piperidine rings is 1. The minimum absolute atomic E-state index is 0.0570. The van der Waals surface area contributed by atoms with Crippen molar-refractivity contribution in [2.24, 2.45) is 5.92 Å². The Labute approximate surface area is 179 Å². The zero-order chi connectivity index (χ0) is 21.6. The SMILES string of the molecule is O=C(Nc1cccc2nccnc12)OCCN1CCC(C(=O)c2ccc(F)cc2)CC1. The highest BCUT2D eigenvalue weighted by molar-refractivity contribution is 5.98. The van der Waals surface area contributed by atoms with Gasteiger partial charge in [-0.05, 0) is 62.3 Å². The Morgan fingerprint density at radius 1 is 1.06 bits per heavy atom. The van der Waals surface area contributed by atoms with Crippen LogP contribution in [0.15, 0.2) is 54.9 Å². The number of halogens is 1. The van der Waals surface area contributed by atoms with Crippen LogP contribution in [0, 0.1) is 11.7 Å². The summed E-state index contributed by atoms with van der Waals surface area (Å²) in [6.07, 6.45) is 4.10. The molecule has 0 spiro atoms. The second-order valence-electron chi connectivity index (χ2n) is 7.48. The molecule has 1 N–H and O–H groups in total. The number of carbonyl (C=O) groups excluding carboxylic acids is 2. The zero-order valence-corrected chi connectivity index (χ0v) is 17.0. The molecule has 7 nitrogen and oxygen atoms in total. The number of likely N-dealkylation sites (tertiary alicyclic amines) is 1. The second-order valence-corrected chi connectivity index (χ2v) is 7.48. The van der Waals surface area contributed by atoms with Gasteiger partial charge in [-0.1, -0.05) is 6.07 Å². The Balaban J connectivity index is 1.21. The average molecular weight is 422 g/mol. The largest absolute Gasteiger partial charge is 0.448 e. The lowest BCUT2D eigenvalue weighted by molar-refractivity contribution is 0.0813. The molecule has 4 rings (SSSR count). The molecule has 8 heteroatoms. The third-order valence-corrected chi connectivity index (χ3v) is 5.46. The van der Waals surface area contributed by atoms with Crippen LogP contribution in [0.4, 0.5) is 14.9 Å². The quantitative estimate of drug-likeness (QED) is 0.607. The summed E-state index contributed by atoms with van der Waals surface area (Å²) in [6, 6.07) is 11.1. The molecule has 1 fully saturated rings. The molecule has 0 atom stereocenters. The Morgan fingerprint density at radius 3 is 2.58 bits per heavy atom. The number of anilines is 1. The fourth-order valence-electron chi connectivity index (χ4n) is 3.78. The molecule has 1 aliphatic heterocycles. The number of nitrogens with one attached hydrogen (secondary N) is 1. The van der Waals surface area contributed by atoms with Gasteiger partial charge in [-0.15, -0.1) is 0 Å². The van der Waals surface area contributed by atoms with Gasteiger partial charge in [-0.2, -0.15) is 0 Å². The molecule has 0 saturated carbocycles. The molecule has 1 saturated heterocycles. The van der Waals surface area contributed by atoms with Gasteiger partial charge in [0.15, 0.2) is 5.78 Å². The number of para-hydroxylation sites is 1. The zero-order valence-electron chi connectivity index (χ0n) is 17.0. The van der Waals surface area contributed by atoms with Gasteiger partial charge in [-0.3, -0.25) is 25.0 Å². The van der Waals surface area contributed by atoms with Crippen molar-refractivity contribution in [3.8, 4) is 0 Å². The molecule has 3 aromatic rings. The van der Waals surface area contributed by atoms with Crippen LogP contribution in [-0.2, 0) is 4.74 Å². The molecule has 2 aromatic carbocycles. The molecular weight excluding hydrogens is 399 g/mol. The maximum absolute atomic E-state index is 13.0. The van der Waals surface area contributed by atoms with E-state index in [0.29, 0.717) is 28.8 Å². The molecule has 0 bridgehead atoms. The third-order valence-electron chi connectivity index (χ3n) is 5.46. The lowest BCUT2D eigenvalue weighted by Gasteiger charge is -2.31. The number of amides is 1. The number of hydrogen-bond acceptors (Lipinski definition) is 6. The van der Waals surface area contributed by atoms with Gasteiger partial charge in [0.2, 0.25) is 0 Å². The number of fused-ring (bicyclic) bond motifs is 1. The fourth-order valence-corrected chi connectivity index (χ4v) is 3.78. The topological polar surface area (TPSA) is 84.4 Å². The summed E-state index contributed by atoms with van der Waals surface area (Å²) >= 11 is 0. The van der Waals surface area contributed by atoms with Crippen molar-refractivity contribution >= 4 is 28.6 Å². The number of rotatable bonds is 6. The van der Waals surface area contributed by atoms with E-state index in [1.54, 1.807) is 24.5 Å². The van der Waals surface area contributed by atoms with Gasteiger partial charge in [-0.25, -0.2) is 9.18 Å². The number of Topliss-reactive ketones (excluding diaryl/α,β-unsaturated/α-hetero) is 1. The van der Waals surface area contributed by atoms with Crippen molar-refractivity contribution in [1.29, 1.82) is 0 Å². The predicted octanol–water partition coefficient (Wildman–Crippen LogP) is 3.91. The Bertz CT molecular complexity index is 1060. The fraction of sp³-hybridized carbons (Fsp3) is 0.304. The molecule has 31 heavy (non-hydrogen) atoms. The summed E-state index contributed by atoms with van der Waals surface area (Å²) in [5.74, 6) is -0.337.